The van der Waals surface area contributed by atoms with Crippen LogP contribution in [0.15, 0.2) is 42.5 Å². The van der Waals surface area contributed by atoms with Gasteiger partial charge < -0.3 is 26.0 Å². The van der Waals surface area contributed by atoms with Gasteiger partial charge in [0.25, 0.3) is 0 Å². The highest BCUT2D eigenvalue weighted by atomic mass is 19.1. The smallest absolute Gasteiger partial charge is 0.317 e. The van der Waals surface area contributed by atoms with Gasteiger partial charge in [-0.25, -0.2) is 13.6 Å². The molecular formula is C31H44F2N4O3. The number of nitrogens with zero attached hydrogens (tertiary/aromatic N) is 1. The molecule has 0 aliphatic carbocycles. The van der Waals surface area contributed by atoms with Crippen molar-refractivity contribution < 1.29 is 23.5 Å². The maximum atomic E-state index is 13.8. The SMILES string of the molecule is CCCNC(=O)N1CCCC(NCC(O)C(Cc2cc(F)cc(F)c2)NC(C)=O)(c2cccc(C(C)(C)C)c2)C1. The Labute approximate surface area is 236 Å². The van der Waals surface area contributed by atoms with Crippen LogP contribution in [-0.2, 0) is 22.2 Å². The summed E-state index contributed by atoms with van der Waals surface area (Å²) >= 11 is 0. The van der Waals surface area contributed by atoms with Crippen molar-refractivity contribution in [3.8, 4) is 0 Å². The van der Waals surface area contributed by atoms with E-state index in [2.05, 4.69) is 48.9 Å². The first-order valence-corrected chi connectivity index (χ1v) is 14.1. The lowest BCUT2D eigenvalue weighted by Gasteiger charge is -2.45. The Hall–Kier alpha value is -3.04. The van der Waals surface area contributed by atoms with Crippen molar-refractivity contribution in [1.82, 2.24) is 20.9 Å². The number of hydrogen-bond acceptors (Lipinski definition) is 4. The maximum absolute atomic E-state index is 13.8. The monoisotopic (exact) mass is 558 g/mol. The molecule has 3 amide bonds. The molecule has 4 N–H and O–H groups in total. The van der Waals surface area contributed by atoms with Crippen LogP contribution < -0.4 is 16.0 Å². The third-order valence-electron chi connectivity index (χ3n) is 7.47. The molecule has 1 aliphatic rings. The van der Waals surface area contributed by atoms with Crippen LogP contribution in [0.4, 0.5) is 13.6 Å². The van der Waals surface area contributed by atoms with Gasteiger partial charge in [0, 0.05) is 39.2 Å². The average molecular weight is 559 g/mol. The third kappa shape index (κ3) is 8.48. The number of benzene rings is 2. The fourth-order valence-electron chi connectivity index (χ4n) is 5.31. The van der Waals surface area contributed by atoms with E-state index in [1.807, 2.05) is 24.0 Å². The molecule has 40 heavy (non-hydrogen) atoms. The number of halogens is 2. The van der Waals surface area contributed by atoms with Crippen LogP contribution in [0.2, 0.25) is 0 Å². The fourth-order valence-corrected chi connectivity index (χ4v) is 5.31. The van der Waals surface area contributed by atoms with Crippen molar-refractivity contribution >= 4 is 11.9 Å². The summed E-state index contributed by atoms with van der Waals surface area (Å²) in [6, 6.07) is 10.6. The number of aliphatic hydroxyl groups excluding tert-OH is 1. The van der Waals surface area contributed by atoms with Crippen LogP contribution in [0.25, 0.3) is 0 Å². The molecule has 1 heterocycles. The fraction of sp³-hybridized carbons (Fsp3) is 0.548. The van der Waals surface area contributed by atoms with E-state index in [0.717, 1.165) is 36.5 Å². The lowest BCUT2D eigenvalue weighted by Crippen LogP contribution is -2.60. The van der Waals surface area contributed by atoms with Crippen molar-refractivity contribution in [3.63, 3.8) is 0 Å². The second-order valence-corrected chi connectivity index (χ2v) is 11.9. The first-order valence-electron chi connectivity index (χ1n) is 14.1. The predicted octanol–water partition coefficient (Wildman–Crippen LogP) is 4.37. The van der Waals surface area contributed by atoms with Gasteiger partial charge in [-0.05, 0) is 59.9 Å². The van der Waals surface area contributed by atoms with E-state index >= 15 is 0 Å². The standard InChI is InChI=1S/C31H44F2N4O3/c1-6-12-34-29(40)37-13-8-11-31(20-37,24-10-7-9-23(17-24)30(3,4)5)35-19-28(39)27(36-21(2)38)16-22-14-25(32)18-26(33)15-22/h7,9-10,14-15,17-18,27-28,35,39H,6,8,11-13,16,19-20H2,1-5H3,(H,34,40)(H,36,38). The third-order valence-corrected chi connectivity index (χ3v) is 7.47. The minimum absolute atomic E-state index is 0.0508. The number of urea groups is 1. The van der Waals surface area contributed by atoms with Gasteiger partial charge in [-0.1, -0.05) is 52.0 Å². The number of carbonyl (C=O) groups is 2. The summed E-state index contributed by atoms with van der Waals surface area (Å²) < 4.78 is 27.7. The number of aliphatic hydroxyl groups is 1. The number of piperidine rings is 1. The van der Waals surface area contributed by atoms with Crippen molar-refractivity contribution in [2.45, 2.75) is 83.4 Å². The number of amides is 3. The number of rotatable bonds is 10. The molecule has 220 valence electrons. The molecule has 0 spiro atoms. The Kier molecular flexibility index (Phi) is 10.7. The quantitative estimate of drug-likeness (QED) is 0.349. The molecule has 1 fully saturated rings. The Balaban J connectivity index is 1.89. The van der Waals surface area contributed by atoms with Crippen molar-refractivity contribution in [2.24, 2.45) is 0 Å². The van der Waals surface area contributed by atoms with Gasteiger partial charge in [-0.2, -0.15) is 0 Å². The van der Waals surface area contributed by atoms with Gasteiger partial charge in [0.1, 0.15) is 11.6 Å². The summed E-state index contributed by atoms with van der Waals surface area (Å²) in [7, 11) is 0. The van der Waals surface area contributed by atoms with E-state index in [0.29, 0.717) is 25.2 Å². The minimum Gasteiger partial charge on any atom is -0.390 e. The summed E-state index contributed by atoms with van der Waals surface area (Å²) in [5.74, 6) is -1.79. The molecule has 0 bridgehead atoms. The summed E-state index contributed by atoms with van der Waals surface area (Å²) in [6.07, 6.45) is 1.32. The van der Waals surface area contributed by atoms with Crippen LogP contribution in [0.3, 0.4) is 0 Å². The molecule has 0 radical (unpaired) electrons. The van der Waals surface area contributed by atoms with E-state index in [1.165, 1.54) is 19.1 Å². The summed E-state index contributed by atoms with van der Waals surface area (Å²) in [5.41, 5.74) is 1.78. The Bertz CT molecular complexity index is 1150. The molecule has 2 aromatic carbocycles. The second-order valence-electron chi connectivity index (χ2n) is 11.9. The molecule has 9 heteroatoms. The highest BCUT2D eigenvalue weighted by Crippen LogP contribution is 2.34. The van der Waals surface area contributed by atoms with Gasteiger partial charge >= 0.3 is 6.03 Å². The molecule has 1 saturated heterocycles. The molecule has 0 saturated carbocycles. The highest BCUT2D eigenvalue weighted by molar-refractivity contribution is 5.74. The zero-order chi connectivity index (χ0) is 29.5. The molecule has 1 aliphatic heterocycles. The number of carbonyl (C=O) groups excluding carboxylic acids is 2. The van der Waals surface area contributed by atoms with Gasteiger partial charge in [-0.3, -0.25) is 4.79 Å². The number of likely N-dealkylation sites (tertiary alicyclic amines) is 1. The Morgan fingerprint density at radius 2 is 1.82 bits per heavy atom. The first kappa shape index (κ1) is 31.5. The number of nitrogens with one attached hydrogen (secondary N) is 3. The Morgan fingerprint density at radius 3 is 2.45 bits per heavy atom. The van der Waals surface area contributed by atoms with E-state index < -0.39 is 29.3 Å². The van der Waals surface area contributed by atoms with Crippen LogP contribution in [-0.4, -0.2) is 60.3 Å². The molecule has 0 aromatic heterocycles. The highest BCUT2D eigenvalue weighted by Gasteiger charge is 2.40. The summed E-state index contributed by atoms with van der Waals surface area (Å²) in [6.45, 7) is 11.5. The molecule has 7 nitrogen and oxygen atoms in total. The van der Waals surface area contributed by atoms with E-state index in [4.69, 9.17) is 0 Å². The average Bonchev–Trinajstić information content (AvgIpc) is 2.89. The minimum atomic E-state index is -1.07. The number of hydrogen-bond donors (Lipinski definition) is 4. The maximum Gasteiger partial charge on any atom is 0.317 e. The predicted molar refractivity (Wildman–Crippen MR) is 153 cm³/mol. The first-order chi connectivity index (χ1) is 18.8. The topological polar surface area (TPSA) is 93.7 Å². The van der Waals surface area contributed by atoms with Crippen LogP contribution in [0, 0.1) is 11.6 Å². The lowest BCUT2D eigenvalue weighted by atomic mass is 9.78. The Morgan fingerprint density at radius 1 is 1.12 bits per heavy atom. The molecule has 3 unspecified atom stereocenters. The lowest BCUT2D eigenvalue weighted by molar-refractivity contribution is -0.120. The second kappa shape index (κ2) is 13.5. The molecular weight excluding hydrogens is 514 g/mol. The van der Waals surface area contributed by atoms with Crippen LogP contribution in [0.1, 0.15) is 70.6 Å². The normalized spacial score (nSPS) is 19.1. The van der Waals surface area contributed by atoms with Gasteiger partial charge in [0.05, 0.1) is 17.7 Å². The summed E-state index contributed by atoms with van der Waals surface area (Å²) in [5, 5.41) is 20.5. The van der Waals surface area contributed by atoms with Gasteiger partial charge in [0.15, 0.2) is 0 Å². The van der Waals surface area contributed by atoms with E-state index in [9.17, 15) is 23.5 Å². The van der Waals surface area contributed by atoms with Gasteiger partial charge in [-0.15, -0.1) is 0 Å². The van der Waals surface area contributed by atoms with Gasteiger partial charge in [0.2, 0.25) is 5.91 Å². The largest absolute Gasteiger partial charge is 0.390 e. The molecule has 3 atom stereocenters. The summed E-state index contributed by atoms with van der Waals surface area (Å²) in [4.78, 5) is 26.7. The zero-order valence-electron chi connectivity index (χ0n) is 24.3. The van der Waals surface area contributed by atoms with Crippen LogP contribution in [0.5, 0.6) is 0 Å². The zero-order valence-corrected chi connectivity index (χ0v) is 24.3. The van der Waals surface area contributed by atoms with Crippen LogP contribution >= 0.6 is 0 Å². The van der Waals surface area contributed by atoms with Crippen molar-refractivity contribution in [2.75, 3.05) is 26.2 Å². The molecule has 3 rings (SSSR count). The van der Waals surface area contributed by atoms with E-state index in [1.54, 1.807) is 0 Å². The van der Waals surface area contributed by atoms with Crippen molar-refractivity contribution in [1.29, 1.82) is 0 Å². The molecule has 2 aromatic rings. The van der Waals surface area contributed by atoms with Crippen molar-refractivity contribution in [3.05, 3.63) is 70.8 Å². The van der Waals surface area contributed by atoms with E-state index in [-0.39, 0.29) is 30.3 Å².